The topological polar surface area (TPSA) is 14.8 Å². The summed E-state index contributed by atoms with van der Waals surface area (Å²) in [6, 6.07) is 35.8. The first-order chi connectivity index (χ1) is 25.7. The zero-order valence-corrected chi connectivity index (χ0v) is 23.8. The van der Waals surface area contributed by atoms with Crippen molar-refractivity contribution in [3.8, 4) is 17.1 Å². The van der Waals surface area contributed by atoms with Crippen LogP contribution in [0.1, 0.15) is 11.0 Å². The van der Waals surface area contributed by atoms with E-state index in [2.05, 4.69) is 69.8 Å². The largest absolute Gasteiger partial charge is 0.309 e. The Morgan fingerprint density at radius 2 is 0.733 bits per heavy atom. The number of hydrogen-bond acceptors (Lipinski definition) is 0. The maximum atomic E-state index is 9.00. The third-order valence-corrected chi connectivity index (χ3v) is 8.88. The third-order valence-electron chi connectivity index (χ3n) is 8.88. The number of benzene rings is 7. The highest BCUT2D eigenvalue weighted by molar-refractivity contribution is 6.13. The molecule has 0 atom stereocenters. The van der Waals surface area contributed by atoms with Crippen LogP contribution in [-0.2, 0) is 0 Å². The second-order valence-electron chi connectivity index (χ2n) is 11.2. The molecule has 3 heteroatoms. The van der Waals surface area contributed by atoms with Crippen LogP contribution < -0.4 is 0 Å². The molecule has 0 N–H and O–H groups in total. The minimum Gasteiger partial charge on any atom is -0.309 e. The van der Waals surface area contributed by atoms with Crippen molar-refractivity contribution in [1.82, 2.24) is 13.7 Å². The van der Waals surface area contributed by atoms with Crippen LogP contribution in [0.2, 0.25) is 0 Å². The molecule has 10 rings (SSSR count). The lowest BCUT2D eigenvalue weighted by molar-refractivity contribution is 1.14. The Balaban J connectivity index is 1.33. The zero-order valence-electron chi connectivity index (χ0n) is 31.8. The Morgan fingerprint density at radius 1 is 0.311 bits per heavy atom. The summed E-state index contributed by atoms with van der Waals surface area (Å²) >= 11 is 0. The number of rotatable bonds is 3. The summed E-state index contributed by atoms with van der Waals surface area (Å²) in [6.45, 7) is 0. The van der Waals surface area contributed by atoms with Crippen molar-refractivity contribution in [2.45, 2.75) is 0 Å². The van der Waals surface area contributed by atoms with E-state index in [0.29, 0.717) is 5.69 Å². The predicted molar refractivity (Wildman–Crippen MR) is 189 cm³/mol. The number of hydrogen-bond donors (Lipinski definition) is 0. The molecule has 0 saturated heterocycles. The molecule has 0 aliphatic carbocycles. The third kappa shape index (κ3) is 3.41. The second kappa shape index (κ2) is 9.22. The van der Waals surface area contributed by atoms with Gasteiger partial charge in [-0.3, -0.25) is 0 Å². The maximum Gasteiger partial charge on any atom is 0.0645 e. The lowest BCUT2D eigenvalue weighted by Gasteiger charge is -2.12. The molecule has 0 unspecified atom stereocenters. The highest BCUT2D eigenvalue weighted by Crippen LogP contribution is 2.39. The minimum absolute atomic E-state index is 0.0535. The van der Waals surface area contributed by atoms with E-state index in [1.54, 1.807) is 4.57 Å². The van der Waals surface area contributed by atoms with Gasteiger partial charge in [0, 0.05) is 49.4 Å². The Labute approximate surface area is 270 Å². The summed E-state index contributed by atoms with van der Waals surface area (Å²) in [7, 11) is 0. The number of fused-ring (bicyclic) bond motifs is 9. The molecule has 0 aliphatic heterocycles. The van der Waals surface area contributed by atoms with Crippen LogP contribution in [0, 0.1) is 0 Å². The molecule has 10 aromatic rings. The minimum atomic E-state index is -0.465. The average molecular weight is 582 g/mol. The molecular weight excluding hydrogens is 546 g/mol. The van der Waals surface area contributed by atoms with E-state index in [4.69, 9.17) is 11.0 Å². The van der Waals surface area contributed by atoms with Gasteiger partial charge in [0.2, 0.25) is 0 Å². The van der Waals surface area contributed by atoms with E-state index < -0.39 is 24.2 Å². The first-order valence-corrected chi connectivity index (χ1v) is 14.8. The standard InChI is InChI=1S/C42H27N3/c1-2-12-28(13-3-1)43-37-18-8-6-16-33(37)35-25-23-30(27-41(35)43)45-40-21-11-7-17-34(40)36-24-22-29(26-42(36)45)44-38-19-9-4-14-31(38)32-15-5-10-20-39(32)44/h1-27H/i4D,5D,9D,10D,14D,15D,19D,20D. The van der Waals surface area contributed by atoms with Gasteiger partial charge in [0.1, 0.15) is 0 Å². The first kappa shape index (κ1) is 17.9. The average Bonchev–Trinajstić information content (AvgIpc) is 3.83. The number of aromatic nitrogens is 3. The van der Waals surface area contributed by atoms with Crippen LogP contribution in [0.3, 0.4) is 0 Å². The van der Waals surface area contributed by atoms with Crippen molar-refractivity contribution >= 4 is 65.4 Å². The summed E-state index contributed by atoms with van der Waals surface area (Å²) in [4.78, 5) is 0. The Morgan fingerprint density at radius 3 is 1.29 bits per heavy atom. The van der Waals surface area contributed by atoms with Crippen molar-refractivity contribution in [3.63, 3.8) is 0 Å². The summed E-state index contributed by atoms with van der Waals surface area (Å²) in [5.41, 5.74) is 6.54. The van der Waals surface area contributed by atoms with Gasteiger partial charge in [0.25, 0.3) is 0 Å². The van der Waals surface area contributed by atoms with Gasteiger partial charge in [-0.15, -0.1) is 0 Å². The van der Waals surface area contributed by atoms with Gasteiger partial charge in [-0.2, -0.15) is 0 Å². The maximum absolute atomic E-state index is 9.00. The molecule has 3 heterocycles. The zero-order chi connectivity index (χ0) is 36.4. The van der Waals surface area contributed by atoms with Crippen molar-refractivity contribution < 1.29 is 11.0 Å². The second-order valence-corrected chi connectivity index (χ2v) is 11.2. The fraction of sp³-hybridized carbons (Fsp3) is 0. The Kier molecular flexibility index (Phi) is 3.67. The molecule has 0 aliphatic rings. The fourth-order valence-corrected chi connectivity index (χ4v) is 7.01. The molecule has 0 radical (unpaired) electrons. The van der Waals surface area contributed by atoms with Gasteiger partial charge >= 0.3 is 0 Å². The van der Waals surface area contributed by atoms with Crippen molar-refractivity contribution in [2.24, 2.45) is 0 Å². The fourth-order valence-electron chi connectivity index (χ4n) is 7.01. The van der Waals surface area contributed by atoms with E-state index in [0.717, 1.165) is 55.0 Å². The van der Waals surface area contributed by atoms with Gasteiger partial charge < -0.3 is 13.7 Å². The molecular formula is C42H27N3. The van der Waals surface area contributed by atoms with E-state index in [1.807, 2.05) is 54.6 Å². The van der Waals surface area contributed by atoms with Gasteiger partial charge in [-0.25, -0.2) is 0 Å². The predicted octanol–water partition coefficient (Wildman–Crippen LogP) is 11.0. The van der Waals surface area contributed by atoms with E-state index >= 15 is 0 Å². The molecule has 0 amide bonds. The van der Waals surface area contributed by atoms with Gasteiger partial charge in [-0.05, 0) is 60.6 Å². The molecule has 0 fully saturated rings. The molecule has 0 spiro atoms. The van der Waals surface area contributed by atoms with Crippen LogP contribution in [0.25, 0.3) is 82.5 Å². The van der Waals surface area contributed by atoms with Crippen molar-refractivity contribution in [3.05, 3.63) is 164 Å². The highest BCUT2D eigenvalue weighted by Gasteiger charge is 2.18. The Hall–Kier alpha value is -6.06. The lowest BCUT2D eigenvalue weighted by Crippen LogP contribution is -1.98. The van der Waals surface area contributed by atoms with Crippen LogP contribution in [-0.4, -0.2) is 13.7 Å². The van der Waals surface area contributed by atoms with E-state index in [1.165, 1.54) is 0 Å². The monoisotopic (exact) mass is 581 g/mol. The molecule has 45 heavy (non-hydrogen) atoms. The lowest BCUT2D eigenvalue weighted by atomic mass is 10.1. The highest BCUT2D eigenvalue weighted by atomic mass is 15.0. The molecule has 3 aromatic heterocycles. The number of para-hydroxylation sites is 5. The molecule has 7 aromatic carbocycles. The summed E-state index contributed by atoms with van der Waals surface area (Å²) in [5, 5.41) is 4.34. The summed E-state index contributed by atoms with van der Waals surface area (Å²) in [5.74, 6) is 0. The smallest absolute Gasteiger partial charge is 0.0645 e. The van der Waals surface area contributed by atoms with Crippen LogP contribution in [0.4, 0.5) is 0 Å². The normalized spacial score (nSPS) is 14.5. The van der Waals surface area contributed by atoms with Gasteiger partial charge in [0.15, 0.2) is 0 Å². The van der Waals surface area contributed by atoms with Crippen molar-refractivity contribution in [2.75, 3.05) is 0 Å². The quantitative estimate of drug-likeness (QED) is 0.197. The van der Waals surface area contributed by atoms with E-state index in [9.17, 15) is 0 Å². The van der Waals surface area contributed by atoms with Crippen molar-refractivity contribution in [1.29, 1.82) is 0 Å². The molecule has 210 valence electrons. The van der Waals surface area contributed by atoms with Crippen LogP contribution >= 0.6 is 0 Å². The first-order valence-electron chi connectivity index (χ1n) is 18.8. The SMILES string of the molecule is [2H]c1c([2H])c([2H])c2c(c1[2H])c1c([2H])c([2H])c([2H])c([2H])c1n2-c1ccc2c3ccccc3n(-c3ccc4c5ccccc5n(-c5ccccc5)c4c3)c2c1. The summed E-state index contributed by atoms with van der Waals surface area (Å²) < 4.78 is 75.7. The van der Waals surface area contributed by atoms with Crippen LogP contribution in [0.5, 0.6) is 0 Å². The van der Waals surface area contributed by atoms with Crippen LogP contribution in [0.15, 0.2) is 164 Å². The Bertz CT molecular complexity index is 3130. The molecule has 0 bridgehead atoms. The molecule has 3 nitrogen and oxygen atoms in total. The summed E-state index contributed by atoms with van der Waals surface area (Å²) in [6.07, 6.45) is 0. The van der Waals surface area contributed by atoms with Gasteiger partial charge in [-0.1, -0.05) is 103 Å². The van der Waals surface area contributed by atoms with E-state index in [-0.39, 0.29) is 46.0 Å². The molecule has 0 saturated carbocycles. The van der Waals surface area contributed by atoms with Gasteiger partial charge in [0.05, 0.1) is 44.1 Å². The number of nitrogens with zero attached hydrogens (tertiary/aromatic N) is 3.